The molecule has 29 heavy (non-hydrogen) atoms. The van der Waals surface area contributed by atoms with Gasteiger partial charge in [0, 0.05) is 11.3 Å². The molecule has 154 valence electrons. The number of anilines is 1. The Morgan fingerprint density at radius 2 is 1.62 bits per heavy atom. The number of nitrogens with one attached hydrogen (secondary N) is 1. The minimum absolute atomic E-state index is 0.0572. The first kappa shape index (κ1) is 22.1. The van der Waals surface area contributed by atoms with Gasteiger partial charge in [0.1, 0.15) is 5.75 Å². The Hall–Kier alpha value is -3.15. The number of rotatable bonds is 7. The number of ether oxygens (including phenoxy) is 2. The molecule has 0 aliphatic carbocycles. The SMILES string of the molecule is CC(=O)c1ccc(NC(=O)[C@H](C)OC(=O)COc2ccccc2C(C)(C)C)cc1. The Kier molecular flexibility index (Phi) is 7.15. The zero-order valence-corrected chi connectivity index (χ0v) is 17.4. The summed E-state index contributed by atoms with van der Waals surface area (Å²) in [5, 5.41) is 2.65. The third kappa shape index (κ3) is 6.45. The van der Waals surface area contributed by atoms with Gasteiger partial charge in [-0.2, -0.15) is 0 Å². The van der Waals surface area contributed by atoms with Crippen molar-refractivity contribution in [2.75, 3.05) is 11.9 Å². The van der Waals surface area contributed by atoms with Gasteiger partial charge in [-0.25, -0.2) is 4.79 Å². The van der Waals surface area contributed by atoms with E-state index in [-0.39, 0.29) is 17.8 Å². The van der Waals surface area contributed by atoms with Gasteiger partial charge in [0.15, 0.2) is 18.5 Å². The van der Waals surface area contributed by atoms with E-state index in [1.807, 2.05) is 18.2 Å². The van der Waals surface area contributed by atoms with Crippen LogP contribution in [0.2, 0.25) is 0 Å². The van der Waals surface area contributed by atoms with Crippen LogP contribution in [-0.2, 0) is 19.7 Å². The minimum Gasteiger partial charge on any atom is -0.482 e. The Morgan fingerprint density at radius 1 is 1.00 bits per heavy atom. The third-order valence-corrected chi connectivity index (χ3v) is 4.28. The molecule has 0 saturated carbocycles. The van der Waals surface area contributed by atoms with Crippen LogP contribution in [-0.4, -0.2) is 30.4 Å². The van der Waals surface area contributed by atoms with Crippen molar-refractivity contribution in [1.82, 2.24) is 0 Å². The molecule has 0 bridgehead atoms. The summed E-state index contributed by atoms with van der Waals surface area (Å²) < 4.78 is 10.8. The lowest BCUT2D eigenvalue weighted by Gasteiger charge is -2.22. The molecule has 0 aromatic heterocycles. The van der Waals surface area contributed by atoms with Gasteiger partial charge in [0.25, 0.3) is 5.91 Å². The van der Waals surface area contributed by atoms with Crippen LogP contribution in [0.4, 0.5) is 5.69 Å². The first-order valence-corrected chi connectivity index (χ1v) is 9.41. The molecule has 1 atom stereocenters. The molecule has 0 aliphatic rings. The first-order valence-electron chi connectivity index (χ1n) is 9.41. The van der Waals surface area contributed by atoms with Crippen LogP contribution >= 0.6 is 0 Å². The van der Waals surface area contributed by atoms with Crippen LogP contribution in [0.1, 0.15) is 50.5 Å². The van der Waals surface area contributed by atoms with Crippen LogP contribution < -0.4 is 10.1 Å². The highest BCUT2D eigenvalue weighted by molar-refractivity contribution is 5.97. The van der Waals surface area contributed by atoms with E-state index >= 15 is 0 Å². The molecule has 0 aliphatic heterocycles. The van der Waals surface area contributed by atoms with Gasteiger partial charge in [-0.3, -0.25) is 9.59 Å². The number of ketones is 1. The second kappa shape index (κ2) is 9.37. The summed E-state index contributed by atoms with van der Waals surface area (Å²) in [7, 11) is 0. The molecule has 0 saturated heterocycles. The molecule has 0 radical (unpaired) electrons. The molecule has 1 N–H and O–H groups in total. The van der Waals surface area contributed by atoms with E-state index in [0.29, 0.717) is 17.0 Å². The van der Waals surface area contributed by atoms with Gasteiger partial charge in [-0.1, -0.05) is 39.0 Å². The Labute approximate surface area is 171 Å². The van der Waals surface area contributed by atoms with Crippen molar-refractivity contribution >= 4 is 23.3 Å². The van der Waals surface area contributed by atoms with Crippen LogP contribution in [0.15, 0.2) is 48.5 Å². The van der Waals surface area contributed by atoms with E-state index in [2.05, 4.69) is 26.1 Å². The highest BCUT2D eigenvalue weighted by Crippen LogP contribution is 2.30. The van der Waals surface area contributed by atoms with Gasteiger partial charge < -0.3 is 14.8 Å². The maximum Gasteiger partial charge on any atom is 0.344 e. The fourth-order valence-electron chi connectivity index (χ4n) is 2.67. The average molecular weight is 397 g/mol. The van der Waals surface area contributed by atoms with Crippen LogP contribution in [0, 0.1) is 0 Å². The van der Waals surface area contributed by atoms with Gasteiger partial charge in [0.2, 0.25) is 0 Å². The van der Waals surface area contributed by atoms with Crippen molar-refractivity contribution in [3.8, 4) is 5.75 Å². The van der Waals surface area contributed by atoms with Gasteiger partial charge in [-0.15, -0.1) is 0 Å². The smallest absolute Gasteiger partial charge is 0.344 e. The lowest BCUT2D eigenvalue weighted by Crippen LogP contribution is -2.31. The van der Waals surface area contributed by atoms with Crippen LogP contribution in [0.5, 0.6) is 5.75 Å². The molecule has 6 nitrogen and oxygen atoms in total. The van der Waals surface area contributed by atoms with Crippen molar-refractivity contribution in [3.05, 3.63) is 59.7 Å². The predicted molar refractivity (Wildman–Crippen MR) is 111 cm³/mol. The van der Waals surface area contributed by atoms with E-state index in [4.69, 9.17) is 9.47 Å². The summed E-state index contributed by atoms with van der Waals surface area (Å²) in [4.78, 5) is 35.6. The standard InChI is InChI=1S/C23H27NO5/c1-15(25)17-10-12-18(13-11-17)24-22(27)16(2)29-21(26)14-28-20-9-7-6-8-19(20)23(3,4)5/h6-13,16H,14H2,1-5H3,(H,24,27)/t16-/m0/s1. The van der Waals surface area contributed by atoms with Gasteiger partial charge >= 0.3 is 5.97 Å². The zero-order valence-electron chi connectivity index (χ0n) is 17.4. The number of Topliss-reactive ketones (excluding diaryl/α,β-unsaturated/α-hetero) is 1. The van der Waals surface area contributed by atoms with E-state index in [1.165, 1.54) is 13.8 Å². The highest BCUT2D eigenvalue weighted by Gasteiger charge is 2.21. The molecule has 2 rings (SSSR count). The minimum atomic E-state index is -0.989. The fourth-order valence-corrected chi connectivity index (χ4v) is 2.67. The maximum absolute atomic E-state index is 12.2. The third-order valence-electron chi connectivity index (χ3n) is 4.28. The summed E-state index contributed by atoms with van der Waals surface area (Å²) in [6.07, 6.45) is -0.989. The summed E-state index contributed by atoms with van der Waals surface area (Å²) >= 11 is 0. The topological polar surface area (TPSA) is 81.7 Å². The van der Waals surface area contributed by atoms with E-state index in [0.717, 1.165) is 5.56 Å². The number of amides is 1. The van der Waals surface area contributed by atoms with Crippen molar-refractivity contribution in [2.45, 2.75) is 46.1 Å². The Morgan fingerprint density at radius 3 is 2.21 bits per heavy atom. The Balaban J connectivity index is 1.89. The van der Waals surface area contributed by atoms with Crippen molar-refractivity contribution in [3.63, 3.8) is 0 Å². The normalized spacial score (nSPS) is 12.0. The number of para-hydroxylation sites is 1. The van der Waals surface area contributed by atoms with Crippen molar-refractivity contribution in [1.29, 1.82) is 0 Å². The lowest BCUT2D eigenvalue weighted by atomic mass is 9.86. The second-order valence-corrected chi connectivity index (χ2v) is 7.79. The largest absolute Gasteiger partial charge is 0.482 e. The fraction of sp³-hybridized carbons (Fsp3) is 0.348. The molecule has 2 aromatic carbocycles. The molecule has 2 aromatic rings. The van der Waals surface area contributed by atoms with Crippen molar-refractivity contribution in [2.24, 2.45) is 0 Å². The van der Waals surface area contributed by atoms with Gasteiger partial charge in [-0.05, 0) is 55.2 Å². The second-order valence-electron chi connectivity index (χ2n) is 7.79. The lowest BCUT2D eigenvalue weighted by molar-refractivity contribution is -0.155. The predicted octanol–water partition coefficient (Wildman–Crippen LogP) is 4.14. The molecular weight excluding hydrogens is 370 g/mol. The first-order chi connectivity index (χ1) is 13.6. The number of hydrogen-bond donors (Lipinski definition) is 1. The van der Waals surface area contributed by atoms with Crippen molar-refractivity contribution < 1.29 is 23.9 Å². The molecular formula is C23H27NO5. The van der Waals surface area contributed by atoms with E-state index in [9.17, 15) is 14.4 Å². The average Bonchev–Trinajstić information content (AvgIpc) is 2.66. The van der Waals surface area contributed by atoms with E-state index in [1.54, 1.807) is 30.3 Å². The van der Waals surface area contributed by atoms with Crippen LogP contribution in [0.3, 0.4) is 0 Å². The molecule has 1 amide bonds. The molecule has 0 heterocycles. The monoisotopic (exact) mass is 397 g/mol. The number of benzene rings is 2. The summed E-state index contributed by atoms with van der Waals surface area (Å²) in [6, 6.07) is 14.0. The molecule has 0 unspecified atom stereocenters. The van der Waals surface area contributed by atoms with E-state index < -0.39 is 18.0 Å². The molecule has 0 spiro atoms. The number of carbonyl (C=O) groups is 3. The van der Waals surface area contributed by atoms with Crippen LogP contribution in [0.25, 0.3) is 0 Å². The highest BCUT2D eigenvalue weighted by atomic mass is 16.6. The zero-order chi connectivity index (χ0) is 21.6. The molecule has 0 fully saturated rings. The summed E-state index contributed by atoms with van der Waals surface area (Å²) in [5.41, 5.74) is 1.91. The number of hydrogen-bond acceptors (Lipinski definition) is 5. The number of carbonyl (C=O) groups excluding carboxylic acids is 3. The summed E-state index contributed by atoms with van der Waals surface area (Å²) in [5.74, 6) is -0.551. The van der Waals surface area contributed by atoms with Gasteiger partial charge in [0.05, 0.1) is 0 Å². The molecule has 6 heteroatoms. The quantitative estimate of drug-likeness (QED) is 0.561. The Bertz CT molecular complexity index is 881. The number of esters is 1. The summed E-state index contributed by atoms with van der Waals surface area (Å²) in [6.45, 7) is 8.84. The maximum atomic E-state index is 12.2.